The van der Waals surface area contributed by atoms with Gasteiger partial charge in [0.15, 0.2) is 0 Å². The molecule has 20 heavy (non-hydrogen) atoms. The Bertz CT molecular complexity index is 733. The molecule has 2 N–H and O–H groups in total. The van der Waals surface area contributed by atoms with E-state index in [1.165, 1.54) is 13.1 Å². The van der Waals surface area contributed by atoms with Crippen molar-refractivity contribution in [2.75, 3.05) is 17.1 Å². The molecule has 2 rings (SSSR count). The van der Waals surface area contributed by atoms with Crippen molar-refractivity contribution in [1.29, 1.82) is 0 Å². The highest BCUT2D eigenvalue weighted by Crippen LogP contribution is 2.29. The molecule has 0 saturated carbocycles. The second kappa shape index (κ2) is 5.41. The van der Waals surface area contributed by atoms with Crippen LogP contribution in [0.5, 0.6) is 0 Å². The zero-order chi connectivity index (χ0) is 14.9. The summed E-state index contributed by atoms with van der Waals surface area (Å²) in [7, 11) is -2.22. The lowest BCUT2D eigenvalue weighted by Crippen LogP contribution is -2.28. The molecule has 5 nitrogen and oxygen atoms in total. The fourth-order valence-electron chi connectivity index (χ4n) is 1.76. The molecule has 1 heterocycles. The predicted octanol–water partition coefficient (Wildman–Crippen LogP) is 2.56. The first-order valence-corrected chi connectivity index (χ1v) is 8.03. The maximum atomic E-state index is 12.6. The van der Waals surface area contributed by atoms with Crippen LogP contribution in [0.1, 0.15) is 5.56 Å². The number of sulfonamides is 1. The lowest BCUT2D eigenvalue weighted by Gasteiger charge is -2.20. The summed E-state index contributed by atoms with van der Waals surface area (Å²) in [6, 6.07) is 8.24. The number of nitrogens with two attached hydrogens (primary N) is 1. The molecule has 1 aromatic carbocycles. The SMILES string of the molecule is Cc1cc(Br)c(N)cc1S(=O)(=O)N(C)c1ccccn1. The summed E-state index contributed by atoms with van der Waals surface area (Å²) in [5.41, 5.74) is 6.78. The van der Waals surface area contributed by atoms with E-state index in [1.807, 2.05) is 0 Å². The van der Waals surface area contributed by atoms with Crippen LogP contribution in [0, 0.1) is 6.92 Å². The number of rotatable bonds is 3. The molecule has 0 unspecified atom stereocenters. The molecule has 0 saturated heterocycles. The molecular formula is C13H14BrN3O2S. The van der Waals surface area contributed by atoms with Gasteiger partial charge in [-0.3, -0.25) is 4.31 Å². The monoisotopic (exact) mass is 355 g/mol. The van der Waals surface area contributed by atoms with E-state index in [0.29, 0.717) is 21.5 Å². The smallest absolute Gasteiger partial charge is 0.265 e. The molecule has 0 aliphatic heterocycles. The number of hydrogen-bond donors (Lipinski definition) is 1. The molecule has 0 aliphatic rings. The van der Waals surface area contributed by atoms with Crippen LogP contribution in [0.3, 0.4) is 0 Å². The van der Waals surface area contributed by atoms with E-state index in [0.717, 1.165) is 4.31 Å². The van der Waals surface area contributed by atoms with Gasteiger partial charge in [0.05, 0.1) is 4.90 Å². The van der Waals surface area contributed by atoms with Gasteiger partial charge in [0.2, 0.25) is 0 Å². The molecule has 2 aromatic rings. The van der Waals surface area contributed by atoms with Crippen LogP contribution in [0.15, 0.2) is 45.9 Å². The Morgan fingerprint density at radius 3 is 2.60 bits per heavy atom. The Kier molecular flexibility index (Phi) is 4.01. The fraction of sp³-hybridized carbons (Fsp3) is 0.154. The van der Waals surface area contributed by atoms with Crippen LogP contribution in [-0.4, -0.2) is 20.4 Å². The molecule has 0 spiro atoms. The maximum absolute atomic E-state index is 12.6. The van der Waals surface area contributed by atoms with E-state index in [4.69, 9.17) is 5.73 Å². The largest absolute Gasteiger partial charge is 0.398 e. The Balaban J connectivity index is 2.54. The third kappa shape index (κ3) is 2.64. The quantitative estimate of drug-likeness (QED) is 0.858. The van der Waals surface area contributed by atoms with Gasteiger partial charge < -0.3 is 5.73 Å². The van der Waals surface area contributed by atoms with Gasteiger partial charge in [0.1, 0.15) is 5.82 Å². The summed E-state index contributed by atoms with van der Waals surface area (Å²) in [6.07, 6.45) is 1.55. The zero-order valence-electron chi connectivity index (χ0n) is 11.0. The van der Waals surface area contributed by atoms with E-state index < -0.39 is 10.0 Å². The topological polar surface area (TPSA) is 76.3 Å². The Morgan fingerprint density at radius 1 is 1.30 bits per heavy atom. The summed E-state index contributed by atoms with van der Waals surface area (Å²) in [4.78, 5) is 4.22. The molecular weight excluding hydrogens is 342 g/mol. The summed E-state index contributed by atoms with van der Waals surface area (Å²) in [6.45, 7) is 1.73. The number of anilines is 2. The molecule has 0 fully saturated rings. The Morgan fingerprint density at radius 2 is 2.00 bits per heavy atom. The minimum atomic E-state index is -3.69. The second-order valence-corrected chi connectivity index (χ2v) is 7.09. The number of aromatic nitrogens is 1. The molecule has 1 aromatic heterocycles. The summed E-state index contributed by atoms with van der Waals surface area (Å²) in [5, 5.41) is 0. The van der Waals surface area contributed by atoms with Crippen molar-refractivity contribution in [3.63, 3.8) is 0 Å². The third-order valence-electron chi connectivity index (χ3n) is 2.90. The van der Waals surface area contributed by atoms with Gasteiger partial charge >= 0.3 is 0 Å². The van der Waals surface area contributed by atoms with Crippen molar-refractivity contribution in [3.8, 4) is 0 Å². The van der Waals surface area contributed by atoms with Crippen molar-refractivity contribution >= 4 is 37.5 Å². The number of hydrogen-bond acceptors (Lipinski definition) is 4. The zero-order valence-corrected chi connectivity index (χ0v) is 13.4. The van der Waals surface area contributed by atoms with Crippen molar-refractivity contribution in [2.45, 2.75) is 11.8 Å². The van der Waals surface area contributed by atoms with E-state index in [-0.39, 0.29) is 4.90 Å². The van der Waals surface area contributed by atoms with Gasteiger partial charge in [0.25, 0.3) is 10.0 Å². The summed E-state index contributed by atoms with van der Waals surface area (Å²) in [5.74, 6) is 0.355. The Labute approximate surface area is 126 Å². The first-order chi connectivity index (χ1) is 9.34. The predicted molar refractivity (Wildman–Crippen MR) is 83.1 cm³/mol. The van der Waals surface area contributed by atoms with Gasteiger partial charge in [0, 0.05) is 23.4 Å². The molecule has 106 valence electrons. The van der Waals surface area contributed by atoms with Crippen LogP contribution in [0.25, 0.3) is 0 Å². The molecule has 0 aliphatic carbocycles. The first-order valence-electron chi connectivity index (χ1n) is 5.79. The van der Waals surface area contributed by atoms with Gasteiger partial charge in [-0.2, -0.15) is 0 Å². The first kappa shape index (κ1) is 14.8. The van der Waals surface area contributed by atoms with Gasteiger partial charge in [-0.1, -0.05) is 6.07 Å². The average Bonchev–Trinajstić information content (AvgIpc) is 2.42. The normalized spacial score (nSPS) is 11.3. The number of nitrogens with zero attached hydrogens (tertiary/aromatic N) is 2. The van der Waals surface area contributed by atoms with Crippen LogP contribution in [-0.2, 0) is 10.0 Å². The van der Waals surface area contributed by atoms with Gasteiger partial charge in [-0.25, -0.2) is 13.4 Å². The number of aryl methyl sites for hydroxylation is 1. The van der Waals surface area contributed by atoms with Gasteiger partial charge in [-0.05, 0) is 52.7 Å². The van der Waals surface area contributed by atoms with Crippen LogP contribution >= 0.6 is 15.9 Å². The third-order valence-corrected chi connectivity index (χ3v) is 5.50. The maximum Gasteiger partial charge on any atom is 0.265 e. The molecule has 7 heteroatoms. The second-order valence-electron chi connectivity index (χ2n) is 4.30. The Hall–Kier alpha value is -1.60. The van der Waals surface area contributed by atoms with E-state index in [2.05, 4.69) is 20.9 Å². The van der Waals surface area contributed by atoms with Crippen molar-refractivity contribution in [3.05, 3.63) is 46.6 Å². The number of pyridine rings is 1. The lowest BCUT2D eigenvalue weighted by molar-refractivity contribution is 0.593. The average molecular weight is 356 g/mol. The summed E-state index contributed by atoms with van der Waals surface area (Å²) < 4.78 is 27.1. The van der Waals surface area contributed by atoms with E-state index in [9.17, 15) is 8.42 Å². The highest BCUT2D eigenvalue weighted by molar-refractivity contribution is 9.10. The van der Waals surface area contributed by atoms with Crippen molar-refractivity contribution in [1.82, 2.24) is 4.98 Å². The highest BCUT2D eigenvalue weighted by Gasteiger charge is 2.24. The van der Waals surface area contributed by atoms with Gasteiger partial charge in [-0.15, -0.1) is 0 Å². The minimum Gasteiger partial charge on any atom is -0.398 e. The lowest BCUT2D eigenvalue weighted by atomic mass is 10.2. The fourth-order valence-corrected chi connectivity index (χ4v) is 3.61. The van der Waals surface area contributed by atoms with E-state index in [1.54, 1.807) is 37.4 Å². The van der Waals surface area contributed by atoms with E-state index >= 15 is 0 Å². The molecule has 0 bridgehead atoms. The minimum absolute atomic E-state index is 0.173. The van der Waals surface area contributed by atoms with Crippen molar-refractivity contribution in [2.24, 2.45) is 0 Å². The molecule has 0 radical (unpaired) electrons. The summed E-state index contributed by atoms with van der Waals surface area (Å²) >= 11 is 3.28. The molecule has 0 amide bonds. The van der Waals surface area contributed by atoms with Crippen LogP contribution in [0.4, 0.5) is 11.5 Å². The number of halogens is 1. The number of nitrogen functional groups attached to an aromatic ring is 1. The van der Waals surface area contributed by atoms with Crippen LogP contribution < -0.4 is 10.0 Å². The van der Waals surface area contributed by atoms with Crippen molar-refractivity contribution < 1.29 is 8.42 Å². The van der Waals surface area contributed by atoms with Crippen LogP contribution in [0.2, 0.25) is 0 Å². The highest BCUT2D eigenvalue weighted by atomic mass is 79.9. The standard InChI is InChI=1S/C13H14BrN3O2S/c1-9-7-10(14)11(15)8-12(9)20(18,19)17(2)13-5-3-4-6-16-13/h3-8H,15H2,1-2H3. The number of benzene rings is 1. The molecule has 0 atom stereocenters.